The molecule has 1 unspecified atom stereocenters. The van der Waals surface area contributed by atoms with Crippen molar-refractivity contribution in [2.45, 2.75) is 33.4 Å². The summed E-state index contributed by atoms with van der Waals surface area (Å²) in [6.45, 7) is 7.97. The zero-order valence-corrected chi connectivity index (χ0v) is 14.3. The van der Waals surface area contributed by atoms with Gasteiger partial charge < -0.3 is 19.4 Å². The van der Waals surface area contributed by atoms with Gasteiger partial charge in [-0.25, -0.2) is 4.98 Å². The summed E-state index contributed by atoms with van der Waals surface area (Å²) in [7, 11) is 0. The van der Waals surface area contributed by atoms with Crippen LogP contribution in [-0.4, -0.2) is 28.7 Å². The van der Waals surface area contributed by atoms with Crippen molar-refractivity contribution in [1.29, 1.82) is 0 Å². The largest absolute Gasteiger partial charge is 0.486 e. The van der Waals surface area contributed by atoms with Crippen LogP contribution in [0.4, 0.5) is 0 Å². The van der Waals surface area contributed by atoms with Gasteiger partial charge in [-0.3, -0.25) is 4.79 Å². The number of amides is 1. The Balaban J connectivity index is 1.84. The average Bonchev–Trinajstić information content (AvgIpc) is 3.07. The molecule has 6 heteroatoms. The number of nitrogens with zero attached hydrogens (tertiary/aromatic N) is 2. The molecular formula is C18H23N3O3. The number of hydrogen-bond donors (Lipinski definition) is 1. The fraction of sp³-hybridized carbons (Fsp3) is 0.444. The van der Waals surface area contributed by atoms with Gasteiger partial charge in [0.1, 0.15) is 18.9 Å². The lowest BCUT2D eigenvalue weighted by Crippen LogP contribution is -2.33. The maximum absolute atomic E-state index is 12.6. The molecule has 3 rings (SSSR count). The molecule has 0 aliphatic carbocycles. The maximum atomic E-state index is 12.6. The van der Waals surface area contributed by atoms with E-state index < -0.39 is 0 Å². The highest BCUT2D eigenvalue weighted by molar-refractivity contribution is 5.92. The second kappa shape index (κ2) is 6.95. The van der Waals surface area contributed by atoms with Crippen LogP contribution in [0.2, 0.25) is 0 Å². The molecule has 2 aromatic rings. The third-order valence-corrected chi connectivity index (χ3v) is 4.16. The number of carbonyl (C=O) groups is 1. The lowest BCUT2D eigenvalue weighted by Gasteiger charge is -2.25. The van der Waals surface area contributed by atoms with Crippen molar-refractivity contribution in [1.82, 2.24) is 14.9 Å². The molecule has 1 aromatic carbocycles. The van der Waals surface area contributed by atoms with E-state index in [0.717, 1.165) is 17.1 Å². The van der Waals surface area contributed by atoms with Gasteiger partial charge in [-0.2, -0.15) is 0 Å². The number of hydrogen-bond acceptors (Lipinski definition) is 4. The zero-order valence-electron chi connectivity index (χ0n) is 14.3. The zero-order chi connectivity index (χ0) is 17.1. The average molecular weight is 329 g/mol. The first-order chi connectivity index (χ1) is 11.6. The van der Waals surface area contributed by atoms with E-state index in [9.17, 15) is 4.79 Å². The van der Waals surface area contributed by atoms with Crippen LogP contribution in [0.5, 0.6) is 11.5 Å². The quantitative estimate of drug-likeness (QED) is 0.916. The Kier molecular flexibility index (Phi) is 4.74. The number of benzene rings is 1. The first kappa shape index (κ1) is 16.4. The van der Waals surface area contributed by atoms with Crippen molar-refractivity contribution >= 4 is 5.91 Å². The van der Waals surface area contributed by atoms with E-state index in [1.54, 1.807) is 12.5 Å². The molecule has 1 N–H and O–H groups in total. The lowest BCUT2D eigenvalue weighted by atomic mass is 9.95. The van der Waals surface area contributed by atoms with E-state index in [1.165, 1.54) is 0 Å². The normalized spacial score (nSPS) is 14.5. The Hall–Kier alpha value is -2.50. The maximum Gasteiger partial charge on any atom is 0.270 e. The molecule has 1 amide bonds. The van der Waals surface area contributed by atoms with Crippen LogP contribution in [0.15, 0.2) is 30.7 Å². The highest BCUT2D eigenvalue weighted by Gasteiger charge is 2.23. The van der Waals surface area contributed by atoms with Crippen LogP contribution >= 0.6 is 0 Å². The monoisotopic (exact) mass is 329 g/mol. The van der Waals surface area contributed by atoms with Crippen LogP contribution in [0, 0.1) is 5.92 Å². The SMILES string of the molecule is CCn1cncc1C(=O)NC(c1ccc2c(c1)OCCO2)C(C)C. The number of ether oxygens (including phenoxy) is 2. The lowest BCUT2D eigenvalue weighted by molar-refractivity contribution is 0.0916. The smallest absolute Gasteiger partial charge is 0.270 e. The predicted molar refractivity (Wildman–Crippen MR) is 90.4 cm³/mol. The molecule has 1 aromatic heterocycles. The standard InChI is InChI=1S/C18H23N3O3/c1-4-21-11-19-10-14(21)18(22)20-17(12(2)3)13-5-6-15-16(9-13)24-8-7-23-15/h5-6,9-12,17H,4,7-8H2,1-3H3,(H,20,22). The molecule has 0 radical (unpaired) electrons. The van der Waals surface area contributed by atoms with Gasteiger partial charge in [0, 0.05) is 6.54 Å². The molecule has 0 fully saturated rings. The van der Waals surface area contributed by atoms with Crippen molar-refractivity contribution in [3.8, 4) is 11.5 Å². The molecule has 1 aliphatic rings. The first-order valence-corrected chi connectivity index (χ1v) is 8.30. The third-order valence-electron chi connectivity index (χ3n) is 4.16. The Labute approximate surface area is 141 Å². The Morgan fingerprint density at radius 1 is 1.29 bits per heavy atom. The Morgan fingerprint density at radius 3 is 2.75 bits per heavy atom. The summed E-state index contributed by atoms with van der Waals surface area (Å²) >= 11 is 0. The van der Waals surface area contributed by atoms with Gasteiger partial charge in [0.05, 0.1) is 18.6 Å². The molecule has 6 nitrogen and oxygen atoms in total. The molecule has 0 bridgehead atoms. The van der Waals surface area contributed by atoms with E-state index >= 15 is 0 Å². The molecule has 1 aliphatic heterocycles. The van der Waals surface area contributed by atoms with Crippen molar-refractivity contribution in [3.05, 3.63) is 42.0 Å². The summed E-state index contributed by atoms with van der Waals surface area (Å²) in [5, 5.41) is 3.12. The van der Waals surface area contributed by atoms with E-state index in [4.69, 9.17) is 9.47 Å². The number of rotatable bonds is 5. The molecule has 1 atom stereocenters. The Morgan fingerprint density at radius 2 is 2.04 bits per heavy atom. The summed E-state index contributed by atoms with van der Waals surface area (Å²) < 4.78 is 13.1. The topological polar surface area (TPSA) is 65.4 Å². The number of aryl methyl sites for hydroxylation is 1. The second-order valence-electron chi connectivity index (χ2n) is 6.16. The molecule has 0 spiro atoms. The van der Waals surface area contributed by atoms with Gasteiger partial charge in [0.25, 0.3) is 5.91 Å². The summed E-state index contributed by atoms with van der Waals surface area (Å²) in [4.78, 5) is 16.7. The minimum atomic E-state index is -0.122. The van der Waals surface area contributed by atoms with Crippen LogP contribution in [0.3, 0.4) is 0 Å². The fourth-order valence-electron chi connectivity index (χ4n) is 2.87. The van der Waals surface area contributed by atoms with Crippen molar-refractivity contribution in [2.24, 2.45) is 5.92 Å². The van der Waals surface area contributed by atoms with Gasteiger partial charge >= 0.3 is 0 Å². The third kappa shape index (κ3) is 3.22. The van der Waals surface area contributed by atoms with E-state index in [1.807, 2.05) is 29.7 Å². The van der Waals surface area contributed by atoms with Gasteiger partial charge in [-0.15, -0.1) is 0 Å². The number of nitrogens with one attached hydrogen (secondary N) is 1. The van der Waals surface area contributed by atoms with E-state index in [0.29, 0.717) is 25.5 Å². The van der Waals surface area contributed by atoms with Crippen molar-refractivity contribution < 1.29 is 14.3 Å². The van der Waals surface area contributed by atoms with Crippen LogP contribution in [0.1, 0.15) is 42.9 Å². The molecule has 0 saturated heterocycles. The minimum absolute atomic E-state index is 0.117. The first-order valence-electron chi connectivity index (χ1n) is 8.30. The van der Waals surface area contributed by atoms with Crippen LogP contribution in [0.25, 0.3) is 0 Å². The molecule has 0 saturated carbocycles. The number of fused-ring (bicyclic) bond motifs is 1. The van der Waals surface area contributed by atoms with Gasteiger partial charge in [-0.1, -0.05) is 19.9 Å². The Bertz CT molecular complexity index is 724. The molecule has 2 heterocycles. The second-order valence-corrected chi connectivity index (χ2v) is 6.16. The van der Waals surface area contributed by atoms with E-state index in [2.05, 4.69) is 24.1 Å². The summed E-state index contributed by atoms with van der Waals surface area (Å²) in [6, 6.07) is 5.72. The summed E-state index contributed by atoms with van der Waals surface area (Å²) in [5.41, 5.74) is 1.57. The highest BCUT2D eigenvalue weighted by Crippen LogP contribution is 2.34. The number of carbonyl (C=O) groups excluding carboxylic acids is 1. The fourth-order valence-corrected chi connectivity index (χ4v) is 2.87. The van der Waals surface area contributed by atoms with Gasteiger partial charge in [0.2, 0.25) is 0 Å². The van der Waals surface area contributed by atoms with Crippen LogP contribution in [-0.2, 0) is 6.54 Å². The van der Waals surface area contributed by atoms with E-state index in [-0.39, 0.29) is 17.9 Å². The summed E-state index contributed by atoms with van der Waals surface area (Å²) in [5.74, 6) is 1.59. The molecular weight excluding hydrogens is 306 g/mol. The minimum Gasteiger partial charge on any atom is -0.486 e. The number of aromatic nitrogens is 2. The van der Waals surface area contributed by atoms with Gasteiger partial charge in [-0.05, 0) is 30.5 Å². The molecule has 24 heavy (non-hydrogen) atoms. The summed E-state index contributed by atoms with van der Waals surface area (Å²) in [6.07, 6.45) is 3.27. The number of imidazole rings is 1. The van der Waals surface area contributed by atoms with Crippen LogP contribution < -0.4 is 14.8 Å². The van der Waals surface area contributed by atoms with Crippen molar-refractivity contribution in [3.63, 3.8) is 0 Å². The highest BCUT2D eigenvalue weighted by atomic mass is 16.6. The molecule has 128 valence electrons. The van der Waals surface area contributed by atoms with Crippen molar-refractivity contribution in [2.75, 3.05) is 13.2 Å². The predicted octanol–water partition coefficient (Wildman–Crippen LogP) is 2.80. The van der Waals surface area contributed by atoms with Gasteiger partial charge in [0.15, 0.2) is 11.5 Å².